The number of nitrogens with one attached hydrogen (secondary N) is 1. The van der Waals surface area contributed by atoms with Gasteiger partial charge >= 0.3 is 6.03 Å². The minimum Gasteiger partial charge on any atom is -0.497 e. The van der Waals surface area contributed by atoms with E-state index in [4.69, 9.17) is 9.84 Å². The van der Waals surface area contributed by atoms with Gasteiger partial charge < -0.3 is 19.5 Å². The Morgan fingerprint density at radius 3 is 2.50 bits per heavy atom. The van der Waals surface area contributed by atoms with Crippen molar-refractivity contribution in [1.82, 2.24) is 19.2 Å². The van der Waals surface area contributed by atoms with Crippen molar-refractivity contribution in [2.45, 2.75) is 26.4 Å². The molecule has 0 spiro atoms. The second-order valence-electron chi connectivity index (χ2n) is 9.54. The number of carbonyl (C=O) groups excluding carboxylic acids is 1. The zero-order chi connectivity index (χ0) is 26.2. The maximum Gasteiger partial charge on any atom is 0.322 e. The molecular weight excluding hydrogens is 474 g/mol. The molecule has 7 nitrogen and oxygen atoms in total. The molecule has 3 aromatic carbocycles. The zero-order valence-electron chi connectivity index (χ0n) is 21.6. The summed E-state index contributed by atoms with van der Waals surface area (Å²) in [7, 11) is 1.62. The Morgan fingerprint density at radius 1 is 0.947 bits per heavy atom. The maximum absolute atomic E-state index is 14.0. The van der Waals surface area contributed by atoms with Crippen molar-refractivity contribution in [3.63, 3.8) is 0 Å². The summed E-state index contributed by atoms with van der Waals surface area (Å²) in [6.45, 7) is 4.47. The number of benzene rings is 3. The fourth-order valence-electron chi connectivity index (χ4n) is 5.14. The number of carbonyl (C=O) groups is 1. The van der Waals surface area contributed by atoms with Crippen LogP contribution in [0.1, 0.15) is 34.1 Å². The van der Waals surface area contributed by atoms with Gasteiger partial charge in [-0.25, -0.2) is 9.48 Å². The second kappa shape index (κ2) is 9.59. The molecule has 0 unspecified atom stereocenters. The Bertz CT molecular complexity index is 1600. The summed E-state index contributed by atoms with van der Waals surface area (Å²) in [6.07, 6.45) is 2.05. The highest BCUT2D eigenvalue weighted by Crippen LogP contribution is 2.38. The van der Waals surface area contributed by atoms with Crippen LogP contribution in [-0.4, -0.2) is 32.4 Å². The van der Waals surface area contributed by atoms with Crippen molar-refractivity contribution in [2.24, 2.45) is 0 Å². The number of aryl methyl sites for hydroxylation is 2. The standard InChI is InChI=1S/C31H29N5O2/c1-21-14-16-23(17-15-21)29-28-13-8-18-34(28)30-27(22(2)33-36(30)25-10-5-4-6-11-25)20-35(29)31(37)32-24-9-7-12-26(19-24)38-3/h4-19,29H,20H2,1-3H3,(H,32,37)/t29-/m1/s1. The fourth-order valence-corrected chi connectivity index (χ4v) is 5.14. The molecule has 0 saturated heterocycles. The maximum atomic E-state index is 14.0. The molecule has 5 aromatic rings. The lowest BCUT2D eigenvalue weighted by Crippen LogP contribution is -2.38. The van der Waals surface area contributed by atoms with Gasteiger partial charge in [0.2, 0.25) is 0 Å². The van der Waals surface area contributed by atoms with E-state index in [-0.39, 0.29) is 12.1 Å². The minimum absolute atomic E-state index is 0.198. The number of amides is 2. The Balaban J connectivity index is 1.52. The number of nitrogens with zero attached hydrogens (tertiary/aromatic N) is 4. The van der Waals surface area contributed by atoms with Gasteiger partial charge in [-0.05, 0) is 55.8 Å². The largest absolute Gasteiger partial charge is 0.497 e. The van der Waals surface area contributed by atoms with Gasteiger partial charge in [-0.2, -0.15) is 5.10 Å². The first-order chi connectivity index (χ1) is 18.5. The minimum atomic E-state index is -0.313. The predicted octanol–water partition coefficient (Wildman–Crippen LogP) is 6.43. The lowest BCUT2D eigenvalue weighted by Gasteiger charge is -2.31. The SMILES string of the molecule is COc1cccc(NC(=O)N2Cc3c(C)nn(-c4ccccc4)c3-n3cccc3[C@H]2c2ccc(C)cc2)c1. The lowest BCUT2D eigenvalue weighted by molar-refractivity contribution is 0.194. The first-order valence-corrected chi connectivity index (χ1v) is 12.6. The highest BCUT2D eigenvalue weighted by Gasteiger charge is 2.36. The average molecular weight is 504 g/mol. The normalized spacial score (nSPS) is 14.4. The van der Waals surface area contributed by atoms with Crippen LogP contribution in [-0.2, 0) is 6.54 Å². The average Bonchev–Trinajstić information content (AvgIpc) is 3.50. The fraction of sp³-hybridized carbons (Fsp3) is 0.161. The number of para-hydroxylation sites is 1. The first kappa shape index (κ1) is 23.6. The molecule has 3 heterocycles. The van der Waals surface area contributed by atoms with Crippen LogP contribution in [0.4, 0.5) is 10.5 Å². The number of urea groups is 1. The van der Waals surface area contributed by atoms with E-state index in [1.807, 2.05) is 77.2 Å². The highest BCUT2D eigenvalue weighted by atomic mass is 16.5. The van der Waals surface area contributed by atoms with E-state index >= 15 is 0 Å². The summed E-state index contributed by atoms with van der Waals surface area (Å²) in [4.78, 5) is 15.9. The summed E-state index contributed by atoms with van der Waals surface area (Å²) in [5.41, 5.74) is 6.73. The number of hydrogen-bond acceptors (Lipinski definition) is 3. The predicted molar refractivity (Wildman–Crippen MR) is 148 cm³/mol. The third-order valence-corrected chi connectivity index (χ3v) is 7.06. The number of anilines is 1. The third kappa shape index (κ3) is 4.12. The quantitative estimate of drug-likeness (QED) is 0.308. The van der Waals surface area contributed by atoms with Crippen molar-refractivity contribution in [2.75, 3.05) is 12.4 Å². The summed E-state index contributed by atoms with van der Waals surface area (Å²) < 4.78 is 9.52. The highest BCUT2D eigenvalue weighted by molar-refractivity contribution is 5.90. The van der Waals surface area contributed by atoms with Crippen LogP contribution in [0, 0.1) is 13.8 Å². The Labute approximate surface area is 221 Å². The van der Waals surface area contributed by atoms with Gasteiger partial charge in [0.15, 0.2) is 0 Å². The molecular formula is C31H29N5O2. The molecule has 0 bridgehead atoms. The van der Waals surface area contributed by atoms with Gasteiger partial charge in [-0.15, -0.1) is 0 Å². The van der Waals surface area contributed by atoms with E-state index in [9.17, 15) is 4.79 Å². The van der Waals surface area contributed by atoms with E-state index in [1.54, 1.807) is 7.11 Å². The number of methoxy groups -OCH3 is 1. The topological polar surface area (TPSA) is 64.3 Å². The molecule has 2 aromatic heterocycles. The van der Waals surface area contributed by atoms with E-state index in [0.29, 0.717) is 18.0 Å². The summed E-state index contributed by atoms with van der Waals surface area (Å²) in [5.74, 6) is 1.63. The Hall–Kier alpha value is -4.78. The van der Waals surface area contributed by atoms with Gasteiger partial charge in [-0.3, -0.25) is 0 Å². The van der Waals surface area contributed by atoms with Crippen LogP contribution in [0.25, 0.3) is 11.5 Å². The summed E-state index contributed by atoms with van der Waals surface area (Å²) in [6, 6.07) is 29.5. The lowest BCUT2D eigenvalue weighted by atomic mass is 10.0. The van der Waals surface area contributed by atoms with Crippen LogP contribution in [0.2, 0.25) is 0 Å². The van der Waals surface area contributed by atoms with E-state index < -0.39 is 0 Å². The molecule has 0 saturated carbocycles. The molecule has 1 aliphatic rings. The van der Waals surface area contributed by atoms with Crippen molar-refractivity contribution in [3.05, 3.63) is 125 Å². The number of hydrogen-bond donors (Lipinski definition) is 1. The molecule has 1 atom stereocenters. The number of fused-ring (bicyclic) bond motifs is 3. The molecule has 0 radical (unpaired) electrons. The summed E-state index contributed by atoms with van der Waals surface area (Å²) >= 11 is 0. The second-order valence-corrected chi connectivity index (χ2v) is 9.54. The van der Waals surface area contributed by atoms with Crippen molar-refractivity contribution < 1.29 is 9.53 Å². The molecule has 7 heteroatoms. The van der Waals surface area contributed by atoms with Crippen molar-refractivity contribution in [3.8, 4) is 17.3 Å². The first-order valence-electron chi connectivity index (χ1n) is 12.6. The van der Waals surface area contributed by atoms with E-state index in [0.717, 1.165) is 34.0 Å². The number of aromatic nitrogens is 3. The molecule has 1 N–H and O–H groups in total. The molecule has 0 aliphatic carbocycles. The van der Waals surface area contributed by atoms with Crippen LogP contribution in [0.5, 0.6) is 5.75 Å². The van der Waals surface area contributed by atoms with Crippen LogP contribution in [0.3, 0.4) is 0 Å². The van der Waals surface area contributed by atoms with E-state index in [1.165, 1.54) is 5.56 Å². The van der Waals surface area contributed by atoms with E-state index in [2.05, 4.69) is 53.3 Å². The molecule has 38 heavy (non-hydrogen) atoms. The molecule has 0 fully saturated rings. The van der Waals surface area contributed by atoms with Gasteiger partial charge in [0.05, 0.1) is 36.8 Å². The monoisotopic (exact) mass is 503 g/mol. The molecule has 6 rings (SSSR count). The van der Waals surface area contributed by atoms with Gasteiger partial charge in [0.25, 0.3) is 0 Å². The number of ether oxygens (including phenoxy) is 1. The van der Waals surface area contributed by atoms with Crippen molar-refractivity contribution in [1.29, 1.82) is 0 Å². The summed E-state index contributed by atoms with van der Waals surface area (Å²) in [5, 5.41) is 8.02. The number of rotatable bonds is 4. The molecule has 190 valence electrons. The zero-order valence-corrected chi connectivity index (χ0v) is 21.6. The Morgan fingerprint density at radius 2 is 1.74 bits per heavy atom. The van der Waals surface area contributed by atoms with Gasteiger partial charge in [0, 0.05) is 23.5 Å². The smallest absolute Gasteiger partial charge is 0.322 e. The Kier molecular flexibility index (Phi) is 5.96. The third-order valence-electron chi connectivity index (χ3n) is 7.06. The molecule has 1 aliphatic heterocycles. The van der Waals surface area contributed by atoms with Crippen molar-refractivity contribution >= 4 is 11.7 Å². The van der Waals surface area contributed by atoms with Crippen LogP contribution >= 0.6 is 0 Å². The molecule has 2 amide bonds. The van der Waals surface area contributed by atoms with Crippen LogP contribution < -0.4 is 10.1 Å². The van der Waals surface area contributed by atoms with Gasteiger partial charge in [0.1, 0.15) is 11.6 Å². The van der Waals surface area contributed by atoms with Crippen LogP contribution in [0.15, 0.2) is 97.2 Å². The van der Waals surface area contributed by atoms with Gasteiger partial charge in [-0.1, -0.05) is 54.1 Å².